The van der Waals surface area contributed by atoms with Gasteiger partial charge in [-0.3, -0.25) is 4.79 Å². The van der Waals surface area contributed by atoms with E-state index in [1.807, 2.05) is 36.7 Å². The van der Waals surface area contributed by atoms with Crippen molar-refractivity contribution in [3.8, 4) is 11.4 Å². The highest BCUT2D eigenvalue weighted by molar-refractivity contribution is 7.80. The summed E-state index contributed by atoms with van der Waals surface area (Å²) in [5.74, 6) is 0.107. The number of ketones is 1. The smallest absolute Gasteiger partial charge is 0.223 e. The van der Waals surface area contributed by atoms with Crippen LogP contribution in [-0.4, -0.2) is 40.1 Å². The van der Waals surface area contributed by atoms with Crippen LogP contribution < -0.4 is 10.1 Å². The fourth-order valence-electron chi connectivity index (χ4n) is 2.97. The molecule has 7 nitrogen and oxygen atoms in total. The Balaban J connectivity index is 1.91. The van der Waals surface area contributed by atoms with Crippen molar-refractivity contribution < 1.29 is 18.7 Å². The fourth-order valence-corrected chi connectivity index (χ4v) is 3.16. The summed E-state index contributed by atoms with van der Waals surface area (Å²) in [5.41, 5.74) is 2.74. The number of hydrogen-bond donors (Lipinski definition) is 1. The third-order valence-corrected chi connectivity index (χ3v) is 4.71. The molecule has 0 atom stereocenters. The standard InChI is InChI=1S/C23H23FN4O3S/c1-5-31-22(27-23(32)26-19-10-16(15(3)29)6-8-18(19)24)17-7-9-20(21(11-17)30-4)28-12-14(2)25-13-28/h6-13H,5H2,1-4H3,(H,26,32)/b27-22-. The number of halogens is 1. The van der Waals surface area contributed by atoms with E-state index in [2.05, 4.69) is 15.3 Å². The Kier molecular flexibility index (Phi) is 7.32. The minimum Gasteiger partial charge on any atom is -0.495 e. The van der Waals surface area contributed by atoms with Crippen LogP contribution in [0, 0.1) is 12.7 Å². The van der Waals surface area contributed by atoms with Gasteiger partial charge in [-0.25, -0.2) is 9.37 Å². The molecule has 3 rings (SSSR count). The predicted octanol–water partition coefficient (Wildman–Crippen LogP) is 4.71. The average Bonchev–Trinajstić information content (AvgIpc) is 3.20. The van der Waals surface area contributed by atoms with Crippen molar-refractivity contribution in [3.05, 3.63) is 71.6 Å². The molecule has 0 unspecified atom stereocenters. The number of Topliss-reactive ketones (excluding diaryl/α,β-unsaturated/α-hetero) is 1. The van der Waals surface area contributed by atoms with Crippen molar-refractivity contribution in [2.45, 2.75) is 20.8 Å². The molecule has 0 saturated carbocycles. The molecule has 0 saturated heterocycles. The molecule has 32 heavy (non-hydrogen) atoms. The Hall–Kier alpha value is -3.59. The number of methoxy groups -OCH3 is 1. The number of aryl methyl sites for hydroxylation is 1. The third kappa shape index (κ3) is 5.36. The molecule has 0 fully saturated rings. The SMILES string of the molecule is CCO/C(=N\C(=S)Nc1cc(C(C)=O)ccc1F)c1ccc(-n2cnc(C)c2)c(OC)c1. The molecular weight excluding hydrogens is 431 g/mol. The number of rotatable bonds is 6. The van der Waals surface area contributed by atoms with Gasteiger partial charge in [-0.05, 0) is 69.4 Å². The normalized spacial score (nSPS) is 11.2. The zero-order valence-corrected chi connectivity index (χ0v) is 19.0. The van der Waals surface area contributed by atoms with Crippen LogP contribution in [0.15, 0.2) is 53.9 Å². The first kappa shape index (κ1) is 23.1. The van der Waals surface area contributed by atoms with E-state index in [1.165, 1.54) is 25.1 Å². The second-order valence-electron chi connectivity index (χ2n) is 6.84. The first-order valence-corrected chi connectivity index (χ1v) is 10.3. The second kappa shape index (κ2) is 10.1. The molecule has 0 amide bonds. The number of imidazole rings is 1. The van der Waals surface area contributed by atoms with Crippen molar-refractivity contribution >= 4 is 34.7 Å². The van der Waals surface area contributed by atoms with E-state index >= 15 is 0 Å². The molecular formula is C23H23FN4O3S. The van der Waals surface area contributed by atoms with Crippen LogP contribution >= 0.6 is 12.2 Å². The van der Waals surface area contributed by atoms with Crippen LogP contribution in [0.3, 0.4) is 0 Å². The quantitative estimate of drug-likeness (QED) is 0.252. The molecule has 1 N–H and O–H groups in total. The van der Waals surface area contributed by atoms with Crippen LogP contribution in [0.25, 0.3) is 5.69 Å². The van der Waals surface area contributed by atoms with Gasteiger partial charge in [-0.1, -0.05) is 0 Å². The van der Waals surface area contributed by atoms with Gasteiger partial charge in [0.05, 0.1) is 37.1 Å². The Bertz CT molecular complexity index is 1190. The molecule has 166 valence electrons. The number of aliphatic imine (C=N–C) groups is 1. The zero-order chi connectivity index (χ0) is 23.3. The molecule has 9 heteroatoms. The summed E-state index contributed by atoms with van der Waals surface area (Å²) < 4.78 is 27.2. The van der Waals surface area contributed by atoms with Crippen molar-refractivity contribution in [1.82, 2.24) is 9.55 Å². The summed E-state index contributed by atoms with van der Waals surface area (Å²) in [7, 11) is 1.57. The van der Waals surface area contributed by atoms with E-state index in [0.717, 1.165) is 11.4 Å². The van der Waals surface area contributed by atoms with E-state index in [-0.39, 0.29) is 22.5 Å². The van der Waals surface area contributed by atoms with E-state index in [0.29, 0.717) is 23.5 Å². The summed E-state index contributed by atoms with van der Waals surface area (Å²) >= 11 is 5.29. The number of ether oxygens (including phenoxy) is 2. The van der Waals surface area contributed by atoms with Crippen LogP contribution in [0.4, 0.5) is 10.1 Å². The number of nitrogens with one attached hydrogen (secondary N) is 1. The van der Waals surface area contributed by atoms with E-state index < -0.39 is 5.82 Å². The number of aromatic nitrogens is 2. The monoisotopic (exact) mass is 454 g/mol. The maximum Gasteiger partial charge on any atom is 0.223 e. The molecule has 2 aromatic carbocycles. The fraction of sp³-hybridized carbons (Fsp3) is 0.217. The highest BCUT2D eigenvalue weighted by atomic mass is 32.1. The minimum absolute atomic E-state index is 0.0127. The summed E-state index contributed by atoms with van der Waals surface area (Å²) in [6, 6.07) is 9.47. The lowest BCUT2D eigenvalue weighted by Crippen LogP contribution is -2.15. The van der Waals surface area contributed by atoms with Gasteiger partial charge in [0.1, 0.15) is 11.6 Å². The highest BCUT2D eigenvalue weighted by Crippen LogP contribution is 2.25. The molecule has 0 aliphatic carbocycles. The predicted molar refractivity (Wildman–Crippen MR) is 126 cm³/mol. The van der Waals surface area contributed by atoms with Crippen molar-refractivity contribution in [3.63, 3.8) is 0 Å². The van der Waals surface area contributed by atoms with Crippen LogP contribution in [0.2, 0.25) is 0 Å². The first-order chi connectivity index (χ1) is 15.3. The number of carbonyl (C=O) groups excluding carboxylic acids is 1. The minimum atomic E-state index is -0.549. The van der Waals surface area contributed by atoms with Crippen molar-refractivity contribution in [2.75, 3.05) is 19.0 Å². The largest absolute Gasteiger partial charge is 0.495 e. The molecule has 0 bridgehead atoms. The van der Waals surface area contributed by atoms with E-state index in [9.17, 15) is 9.18 Å². The summed E-state index contributed by atoms with van der Waals surface area (Å²) in [6.07, 6.45) is 3.59. The van der Waals surface area contributed by atoms with Gasteiger partial charge in [0.25, 0.3) is 0 Å². The van der Waals surface area contributed by atoms with Crippen LogP contribution in [-0.2, 0) is 4.74 Å². The Morgan fingerprint density at radius 3 is 2.62 bits per heavy atom. The van der Waals surface area contributed by atoms with Gasteiger partial charge < -0.3 is 19.4 Å². The summed E-state index contributed by atoms with van der Waals surface area (Å²) in [4.78, 5) is 20.1. The lowest BCUT2D eigenvalue weighted by Gasteiger charge is -2.14. The maximum absolute atomic E-state index is 14.2. The van der Waals surface area contributed by atoms with E-state index in [4.69, 9.17) is 21.7 Å². The molecule has 0 aliphatic rings. The number of carbonyl (C=O) groups is 1. The van der Waals surface area contributed by atoms with Gasteiger partial charge in [-0.15, -0.1) is 0 Å². The van der Waals surface area contributed by atoms with E-state index in [1.54, 1.807) is 19.5 Å². The molecule has 0 spiro atoms. The molecule has 0 aliphatic heterocycles. The average molecular weight is 455 g/mol. The van der Waals surface area contributed by atoms with Gasteiger partial charge in [0.2, 0.25) is 11.0 Å². The van der Waals surface area contributed by atoms with Gasteiger partial charge in [0.15, 0.2) is 5.78 Å². The van der Waals surface area contributed by atoms with Crippen molar-refractivity contribution in [1.29, 1.82) is 0 Å². The number of anilines is 1. The van der Waals surface area contributed by atoms with Crippen LogP contribution in [0.5, 0.6) is 5.75 Å². The number of benzene rings is 2. The molecule has 0 radical (unpaired) electrons. The lowest BCUT2D eigenvalue weighted by molar-refractivity contribution is 0.101. The topological polar surface area (TPSA) is 77.7 Å². The number of nitrogens with zero attached hydrogens (tertiary/aromatic N) is 3. The van der Waals surface area contributed by atoms with Gasteiger partial charge in [-0.2, -0.15) is 4.99 Å². The zero-order valence-electron chi connectivity index (χ0n) is 18.2. The molecule has 3 aromatic rings. The summed E-state index contributed by atoms with van der Waals surface area (Å²) in [5, 5.41) is 2.71. The lowest BCUT2D eigenvalue weighted by atomic mass is 10.1. The molecule has 1 heterocycles. The van der Waals surface area contributed by atoms with Crippen LogP contribution in [0.1, 0.15) is 35.5 Å². The first-order valence-electron chi connectivity index (χ1n) is 9.84. The Morgan fingerprint density at radius 1 is 1.25 bits per heavy atom. The van der Waals surface area contributed by atoms with Gasteiger partial charge >= 0.3 is 0 Å². The maximum atomic E-state index is 14.2. The Labute approximate surface area is 190 Å². The van der Waals surface area contributed by atoms with Gasteiger partial charge in [0, 0.05) is 17.3 Å². The number of thiocarbonyl (C=S) groups is 1. The highest BCUT2D eigenvalue weighted by Gasteiger charge is 2.14. The Morgan fingerprint density at radius 2 is 2.00 bits per heavy atom. The van der Waals surface area contributed by atoms with Crippen molar-refractivity contribution in [2.24, 2.45) is 4.99 Å². The number of hydrogen-bond acceptors (Lipinski definition) is 5. The third-order valence-electron chi connectivity index (χ3n) is 4.52. The second-order valence-corrected chi connectivity index (χ2v) is 7.23. The molecule has 1 aromatic heterocycles. The summed E-state index contributed by atoms with van der Waals surface area (Å²) in [6.45, 7) is 5.48.